The lowest BCUT2D eigenvalue weighted by Gasteiger charge is -2.32. The fourth-order valence-electron chi connectivity index (χ4n) is 15.9. The summed E-state index contributed by atoms with van der Waals surface area (Å²) in [7, 11) is 6.06. The van der Waals surface area contributed by atoms with Gasteiger partial charge in [0.25, 0.3) is 0 Å². The highest BCUT2D eigenvalue weighted by atomic mass is 35.5. The number of pyridine rings is 7. The van der Waals surface area contributed by atoms with Gasteiger partial charge in [0.1, 0.15) is 56.8 Å². The molecule has 1 aliphatic rings. The van der Waals surface area contributed by atoms with Crippen LogP contribution in [0, 0.1) is 26.2 Å². The van der Waals surface area contributed by atoms with Crippen LogP contribution in [0.15, 0.2) is 220 Å². The molecule has 0 spiro atoms. The number of aliphatic hydroxyl groups is 1. The van der Waals surface area contributed by atoms with Crippen molar-refractivity contribution in [2.45, 2.75) is 178 Å². The maximum atomic E-state index is 12.9. The second-order valence-corrected chi connectivity index (χ2v) is 43.2. The number of methoxy groups -OCH3 is 4. The number of ether oxygens (including phenoxy) is 8. The van der Waals surface area contributed by atoms with Crippen LogP contribution in [-0.2, 0) is 37.8 Å². The fourth-order valence-corrected chi connectivity index (χ4v) is 19.6. The second-order valence-electron chi connectivity index (χ2n) is 38.9. The van der Waals surface area contributed by atoms with Crippen LogP contribution in [-0.4, -0.2) is 149 Å². The predicted molar refractivity (Wildman–Crippen MR) is 566 cm³/mol. The Morgan fingerprint density at radius 2 is 0.723 bits per heavy atom. The highest BCUT2D eigenvalue weighted by Gasteiger charge is 2.52. The number of aliphatic carboxylic acids is 1. The van der Waals surface area contributed by atoms with Crippen molar-refractivity contribution in [2.24, 2.45) is 5.41 Å². The number of thiazole rings is 3. The summed E-state index contributed by atoms with van der Waals surface area (Å²) < 4.78 is 60.9. The zero-order chi connectivity index (χ0) is 102. The van der Waals surface area contributed by atoms with Gasteiger partial charge in [0.2, 0.25) is 0 Å². The van der Waals surface area contributed by atoms with E-state index in [9.17, 15) is 19.8 Å². The Morgan fingerprint density at radius 1 is 0.404 bits per heavy atom. The van der Waals surface area contributed by atoms with Crippen LogP contribution in [0.4, 0.5) is 0 Å². The molecule has 24 nitrogen and oxygen atoms in total. The van der Waals surface area contributed by atoms with Crippen LogP contribution < -0.4 is 24.4 Å². The predicted octanol–water partition coefficient (Wildman–Crippen LogP) is 26.8. The fraction of sp³-hybridized carbons (Fsp3) is 0.309. The van der Waals surface area contributed by atoms with Gasteiger partial charge in [-0.3, -0.25) is 39.7 Å². The number of nitrogens with zero attached hydrogens (tertiary/aromatic N) is 10. The summed E-state index contributed by atoms with van der Waals surface area (Å²) >= 11 is 23.5. The minimum Gasteiger partial charge on any atom is -0.495 e. The average Bonchev–Trinajstić information content (AvgIpc) is 1.65. The number of aryl methyl sites for hydroxylation is 3. The third-order valence-corrected chi connectivity index (χ3v) is 27.3. The molecule has 0 aliphatic carbocycles. The number of carboxylic acid groups (broad SMARTS) is 1. The molecule has 0 saturated carbocycles. The van der Waals surface area contributed by atoms with Crippen molar-refractivity contribution < 1.29 is 67.0 Å². The summed E-state index contributed by atoms with van der Waals surface area (Å²) in [5.74, 6) is 1.35. The first-order valence-electron chi connectivity index (χ1n) is 45.7. The van der Waals surface area contributed by atoms with Crippen molar-refractivity contribution in [1.29, 1.82) is 0 Å². The van der Waals surface area contributed by atoms with Crippen molar-refractivity contribution in [2.75, 3.05) is 41.7 Å². The number of halogens is 3. The van der Waals surface area contributed by atoms with E-state index in [1.165, 1.54) is 11.3 Å². The number of carboxylic acids is 1. The van der Waals surface area contributed by atoms with Crippen molar-refractivity contribution in [1.82, 2.24) is 49.8 Å². The number of carbonyl (C=O) groups excluding carboxylic acids is 1. The Labute approximate surface area is 849 Å². The van der Waals surface area contributed by atoms with E-state index in [0.29, 0.717) is 43.6 Å². The minimum absolute atomic E-state index is 0.0776. The van der Waals surface area contributed by atoms with Crippen molar-refractivity contribution >= 4 is 124 Å². The second kappa shape index (κ2) is 43.8. The molecule has 31 heteroatoms. The number of benzene rings is 6. The molecule has 10 aromatic heterocycles. The molecule has 0 radical (unpaired) electrons. The minimum atomic E-state index is -1.17. The molecule has 0 unspecified atom stereocenters. The normalized spacial score (nSPS) is 13.7. The Balaban J connectivity index is 0.000000155. The molecule has 3 atom stereocenters. The quantitative estimate of drug-likeness (QED) is 0.0419. The van der Waals surface area contributed by atoms with E-state index < -0.39 is 46.5 Å². The SMILES string of the molecule is COc1cncc(-c2cc(-c3nc4cc(C)c([C@@H](CO)OC(C)(C)C)c(-c5ccc(Cl)cc5)c4s3)ccn2)c1.COc1cncc(-c2cc(-c3nc4cc(C)c([C@@H](COC(=O)C(C)(C)C)OC(C)(C)C)c(-c5ccc(Cl)cc5)c4s3)ccn2)c1.COc1cncc(-c2cc(-c3nc4cc(C)c([C@H](OC(C)(C)C)C(=O)O)c(-c5ccc(Cl)cc5)c4s3)ccn2)c1.COc1cncc(B2OC(C)(C)C(C)(C)O2)c1. The van der Waals surface area contributed by atoms with Gasteiger partial charge in [-0.05, 0) is 291 Å². The van der Waals surface area contributed by atoms with E-state index in [2.05, 4.69) is 53.9 Å². The van der Waals surface area contributed by atoms with Crippen molar-refractivity contribution in [3.05, 3.63) is 268 Å². The lowest BCUT2D eigenvalue weighted by atomic mass is 9.80. The molecule has 17 rings (SSSR count). The first-order valence-corrected chi connectivity index (χ1v) is 49.2. The third kappa shape index (κ3) is 25.3. The number of carbonyl (C=O) groups is 2. The molecule has 1 fully saturated rings. The molecule has 6 aromatic carbocycles. The van der Waals surface area contributed by atoms with E-state index in [1.54, 1.807) is 131 Å². The molecular formula is C110H114BCl3N10O14S3. The topological polar surface area (TPSA) is 296 Å². The number of hydrogen-bond acceptors (Lipinski definition) is 26. The van der Waals surface area contributed by atoms with Crippen LogP contribution >= 0.6 is 68.8 Å². The number of esters is 1. The summed E-state index contributed by atoms with van der Waals surface area (Å²) in [6.45, 7) is 37.1. The van der Waals surface area contributed by atoms with Gasteiger partial charge in [0.15, 0.2) is 6.10 Å². The van der Waals surface area contributed by atoms with Crippen LogP contribution in [0.2, 0.25) is 15.1 Å². The van der Waals surface area contributed by atoms with Gasteiger partial charge in [0.05, 0.1) is 141 Å². The van der Waals surface area contributed by atoms with Gasteiger partial charge in [-0.15, -0.1) is 34.0 Å². The average molecular weight is 2010 g/mol. The molecule has 1 aliphatic heterocycles. The Kier molecular flexibility index (Phi) is 32.5. The molecule has 2 N–H and O–H groups in total. The Hall–Kier alpha value is -12.1. The van der Waals surface area contributed by atoms with E-state index in [0.717, 1.165) is 163 Å². The number of aliphatic hydroxyl groups excluding tert-OH is 1. The summed E-state index contributed by atoms with van der Waals surface area (Å²) in [4.78, 5) is 71.1. The summed E-state index contributed by atoms with van der Waals surface area (Å²) in [5.41, 5.74) is 18.9. The van der Waals surface area contributed by atoms with Crippen LogP contribution in [0.1, 0.15) is 162 Å². The van der Waals surface area contributed by atoms with Gasteiger partial charge >= 0.3 is 19.1 Å². The molecule has 0 amide bonds. The van der Waals surface area contributed by atoms with Crippen molar-refractivity contribution in [3.63, 3.8) is 0 Å². The van der Waals surface area contributed by atoms with Gasteiger partial charge in [0, 0.05) is 120 Å². The molecule has 141 heavy (non-hydrogen) atoms. The van der Waals surface area contributed by atoms with Gasteiger partial charge in [-0.25, -0.2) is 19.7 Å². The van der Waals surface area contributed by atoms with Gasteiger partial charge in [-0.1, -0.05) is 71.2 Å². The maximum absolute atomic E-state index is 12.9. The van der Waals surface area contributed by atoms with Crippen molar-refractivity contribution in [3.8, 4) is 122 Å². The van der Waals surface area contributed by atoms with E-state index in [1.807, 2.05) is 252 Å². The number of rotatable bonds is 24. The van der Waals surface area contributed by atoms with Gasteiger partial charge < -0.3 is 57.4 Å². The highest BCUT2D eigenvalue weighted by molar-refractivity contribution is 7.23. The standard InChI is InChI=1S/C36H38ClN3O4S.C31H28ClN3O4S.C31H30ClN3O3S.C12H18BNO3/c1-21-15-28-32(45-33(40-28)23-13-14-39-27(17-23)24-16-26(42-8)19-38-18-24)31(22-9-11-25(37)12-10-22)30(21)29(44-36(5,6)7)20-43-34(41)35(2,3)4;1-17-12-24-28(26(18-6-8-21(32)9-7-18)25(17)27(30(36)37)39-31(2,3)4)40-29(35-24)19-10-11-34-23(14-19)20-13-22(38-5)16-33-15-20;1-18-12-25-29(28(19-6-8-22(32)9-7-19)27(18)26(17-36)38-31(2,3)4)39-30(35-25)20-10-11-34-24(14-20)21-13-23(37-5)16-33-15-21;1-11(2)12(3,4)17-13(16-11)9-6-10(15-5)8-14-7-9/h9-19,29H,20H2,1-8H3;6-16,27H,1-5H3,(H,36,37);6-16,26,36H,17H2,1-5H3;6-8H,1-5H3/t29-;27-;26-;/m101./s1. The van der Waals surface area contributed by atoms with Crippen LogP contribution in [0.25, 0.3) is 130 Å². The first-order chi connectivity index (χ1) is 66.8. The first kappa shape index (κ1) is 105. The zero-order valence-corrected chi connectivity index (χ0v) is 87.8. The van der Waals surface area contributed by atoms with E-state index >= 15 is 0 Å². The molecule has 16 aromatic rings. The Bertz CT molecular complexity index is 7190. The molecule has 0 bridgehead atoms. The highest BCUT2D eigenvalue weighted by Crippen LogP contribution is 2.50. The van der Waals surface area contributed by atoms with Crippen LogP contribution in [0.3, 0.4) is 0 Å². The van der Waals surface area contributed by atoms with Crippen LogP contribution in [0.5, 0.6) is 23.0 Å². The number of fused-ring (bicyclic) bond motifs is 3. The molecule has 730 valence electrons. The summed E-state index contributed by atoms with van der Waals surface area (Å²) in [5, 5.41) is 25.1. The Morgan fingerprint density at radius 3 is 1.05 bits per heavy atom. The largest absolute Gasteiger partial charge is 0.496 e. The number of aromatic nitrogens is 10. The summed E-state index contributed by atoms with van der Waals surface area (Å²) in [6, 6.07) is 48.5. The lowest BCUT2D eigenvalue weighted by Crippen LogP contribution is -2.41. The lowest BCUT2D eigenvalue weighted by molar-refractivity contribution is -0.162. The number of hydrogen-bond donors (Lipinski definition) is 2. The third-order valence-electron chi connectivity index (χ3n) is 23.2. The van der Waals surface area contributed by atoms with E-state index in [4.69, 9.17) is 97.0 Å². The summed E-state index contributed by atoms with van der Waals surface area (Å²) in [6.07, 6.45) is 16.8. The van der Waals surface area contributed by atoms with Gasteiger partial charge in [-0.2, -0.15) is 0 Å². The maximum Gasteiger partial charge on any atom is 0.496 e. The van der Waals surface area contributed by atoms with E-state index in [-0.39, 0.29) is 37.5 Å². The molecule has 11 heterocycles. The zero-order valence-electron chi connectivity index (χ0n) is 83.1. The smallest absolute Gasteiger partial charge is 0.495 e. The molecule has 1 saturated heterocycles. The monoisotopic (exact) mass is 2010 g/mol. The molecular weight excluding hydrogens is 1900 g/mol.